The summed E-state index contributed by atoms with van der Waals surface area (Å²) in [6.45, 7) is 0.425. The van der Waals surface area contributed by atoms with Gasteiger partial charge in [0.2, 0.25) is 10.7 Å². The number of methoxy groups -OCH3 is 1. The number of rotatable bonds is 6. The Morgan fingerprint density at radius 3 is 2.76 bits per heavy atom. The summed E-state index contributed by atoms with van der Waals surface area (Å²) >= 11 is 5.29. The van der Waals surface area contributed by atoms with Crippen molar-refractivity contribution in [2.45, 2.75) is 25.4 Å². The molecule has 1 aliphatic rings. The second-order valence-corrected chi connectivity index (χ2v) is 7.16. The zero-order valence-corrected chi connectivity index (χ0v) is 16.7. The Hall–Kier alpha value is -3.26. The summed E-state index contributed by atoms with van der Waals surface area (Å²) in [6, 6.07) is 14.5. The molecule has 2 heterocycles. The molecular formula is C21H20N4O3S. The molecule has 3 aromatic rings. The number of nitrogens with one attached hydrogen (secondary N) is 2. The Morgan fingerprint density at radius 1 is 1.24 bits per heavy atom. The number of hydrogen-bond acceptors (Lipinski definition) is 6. The lowest BCUT2D eigenvalue weighted by Crippen LogP contribution is -2.29. The highest BCUT2D eigenvalue weighted by Crippen LogP contribution is 2.29. The van der Waals surface area contributed by atoms with E-state index in [1.54, 1.807) is 7.11 Å². The van der Waals surface area contributed by atoms with Crippen LogP contribution in [0.4, 0.5) is 5.82 Å². The van der Waals surface area contributed by atoms with Crippen molar-refractivity contribution in [1.82, 2.24) is 14.9 Å². The number of benzene rings is 2. The fourth-order valence-corrected chi connectivity index (χ4v) is 3.65. The second kappa shape index (κ2) is 8.00. The van der Waals surface area contributed by atoms with E-state index in [1.807, 2.05) is 48.5 Å². The Labute approximate surface area is 172 Å². The molecule has 2 N–H and O–H groups in total. The van der Waals surface area contributed by atoms with Crippen molar-refractivity contribution in [3.8, 4) is 5.75 Å². The van der Waals surface area contributed by atoms with Crippen LogP contribution in [0.25, 0.3) is 10.9 Å². The predicted octanol–water partition coefficient (Wildman–Crippen LogP) is 3.31. The highest BCUT2D eigenvalue weighted by atomic mass is 32.1. The number of para-hydroxylation sites is 1. The van der Waals surface area contributed by atoms with Gasteiger partial charge in [-0.05, 0) is 48.5 Å². The Bertz CT molecular complexity index is 1140. The van der Waals surface area contributed by atoms with Crippen LogP contribution in [-0.2, 0) is 11.3 Å². The molecule has 8 heteroatoms. The van der Waals surface area contributed by atoms with Crippen molar-refractivity contribution < 1.29 is 14.3 Å². The first-order valence-electron chi connectivity index (χ1n) is 9.29. The van der Waals surface area contributed by atoms with Crippen LogP contribution in [-0.4, -0.2) is 34.5 Å². The first kappa shape index (κ1) is 19.1. The van der Waals surface area contributed by atoms with E-state index in [2.05, 4.69) is 15.6 Å². The minimum absolute atomic E-state index is 0.113. The third-order valence-corrected chi connectivity index (χ3v) is 5.20. The minimum atomic E-state index is -0.504. The highest BCUT2D eigenvalue weighted by molar-refractivity contribution is 7.71. The van der Waals surface area contributed by atoms with Gasteiger partial charge in [0.05, 0.1) is 12.6 Å². The molecule has 148 valence electrons. The van der Waals surface area contributed by atoms with E-state index in [1.165, 1.54) is 4.57 Å². The van der Waals surface area contributed by atoms with E-state index in [0.717, 1.165) is 22.2 Å². The standard InChI is InChI=1S/C21H20N4O3S/c1-28-14-8-6-13(7-9-14)12-22-18(26)11-10-17-20(27)25-19(23-17)15-4-2-3-5-16(15)24-21(25)29/h2-9,17,23H,10-12H2,1H3,(H,22,26)/t17-/m1/s1. The zero-order valence-electron chi connectivity index (χ0n) is 15.8. The number of carbonyl (C=O) groups is 2. The quantitative estimate of drug-likeness (QED) is 0.609. The van der Waals surface area contributed by atoms with Gasteiger partial charge in [0, 0.05) is 18.4 Å². The van der Waals surface area contributed by atoms with Gasteiger partial charge in [-0.2, -0.15) is 0 Å². The Balaban J connectivity index is 1.38. The summed E-state index contributed by atoms with van der Waals surface area (Å²) in [4.78, 5) is 29.3. The molecule has 0 aliphatic carbocycles. The molecule has 1 atom stereocenters. The van der Waals surface area contributed by atoms with E-state index in [4.69, 9.17) is 17.0 Å². The molecule has 0 saturated carbocycles. The third kappa shape index (κ3) is 3.84. The van der Waals surface area contributed by atoms with Crippen molar-refractivity contribution in [2.24, 2.45) is 0 Å². The van der Waals surface area contributed by atoms with Crippen LogP contribution in [0.3, 0.4) is 0 Å². The van der Waals surface area contributed by atoms with Crippen molar-refractivity contribution in [2.75, 3.05) is 12.4 Å². The van der Waals surface area contributed by atoms with E-state index < -0.39 is 6.04 Å². The molecule has 0 unspecified atom stereocenters. The topological polar surface area (TPSA) is 85.2 Å². The molecule has 0 saturated heterocycles. The number of carbonyl (C=O) groups excluding carboxylic acids is 2. The van der Waals surface area contributed by atoms with Crippen LogP contribution in [0.2, 0.25) is 0 Å². The molecule has 1 aliphatic heterocycles. The van der Waals surface area contributed by atoms with E-state index in [-0.39, 0.29) is 23.0 Å². The Morgan fingerprint density at radius 2 is 2.00 bits per heavy atom. The fraction of sp³-hybridized carbons (Fsp3) is 0.238. The number of ether oxygens (including phenoxy) is 1. The van der Waals surface area contributed by atoms with Crippen molar-refractivity contribution in [3.05, 3.63) is 58.9 Å². The Kier molecular flexibility index (Phi) is 5.26. The number of anilines is 1. The fourth-order valence-electron chi connectivity index (χ4n) is 3.37. The first-order chi connectivity index (χ1) is 14.1. The second-order valence-electron chi connectivity index (χ2n) is 6.79. The lowest BCUT2D eigenvalue weighted by atomic mass is 10.1. The van der Waals surface area contributed by atoms with E-state index in [9.17, 15) is 9.59 Å². The van der Waals surface area contributed by atoms with Gasteiger partial charge in [0.15, 0.2) is 0 Å². The average Bonchev–Trinajstić information content (AvgIpc) is 3.08. The summed E-state index contributed by atoms with van der Waals surface area (Å²) in [5, 5.41) is 6.94. The van der Waals surface area contributed by atoms with Gasteiger partial charge in [-0.25, -0.2) is 9.55 Å². The van der Waals surface area contributed by atoms with Gasteiger partial charge >= 0.3 is 0 Å². The predicted molar refractivity (Wildman–Crippen MR) is 113 cm³/mol. The normalized spacial score (nSPS) is 15.1. The minimum Gasteiger partial charge on any atom is -0.497 e. The maximum atomic E-state index is 12.8. The molecule has 0 fully saturated rings. The van der Waals surface area contributed by atoms with Crippen molar-refractivity contribution in [3.63, 3.8) is 0 Å². The smallest absolute Gasteiger partial charge is 0.257 e. The third-order valence-electron chi connectivity index (χ3n) is 4.93. The summed E-state index contributed by atoms with van der Waals surface area (Å²) in [7, 11) is 1.61. The van der Waals surface area contributed by atoms with Crippen molar-refractivity contribution >= 4 is 40.8 Å². The molecule has 29 heavy (non-hydrogen) atoms. The van der Waals surface area contributed by atoms with E-state index >= 15 is 0 Å². The van der Waals surface area contributed by atoms with Gasteiger partial charge in [-0.3, -0.25) is 9.59 Å². The molecule has 1 amide bonds. The summed E-state index contributed by atoms with van der Waals surface area (Å²) in [5.41, 5.74) is 1.72. The maximum absolute atomic E-state index is 12.8. The van der Waals surface area contributed by atoms with Crippen LogP contribution >= 0.6 is 12.2 Å². The number of hydrogen-bond donors (Lipinski definition) is 2. The molecule has 1 aromatic heterocycles. The molecule has 0 radical (unpaired) electrons. The number of aromatic nitrogens is 2. The number of fused-ring (bicyclic) bond motifs is 3. The SMILES string of the molecule is COc1ccc(CNC(=O)CC[C@H]2Nc3c4ccccc4nc(=S)n3C2=O)cc1. The van der Waals surface area contributed by atoms with E-state index in [0.29, 0.717) is 18.8 Å². The van der Waals surface area contributed by atoms with Crippen LogP contribution in [0.5, 0.6) is 5.75 Å². The lowest BCUT2D eigenvalue weighted by Gasteiger charge is -2.10. The molecule has 0 spiro atoms. The average molecular weight is 408 g/mol. The molecule has 7 nitrogen and oxygen atoms in total. The zero-order chi connectivity index (χ0) is 20.4. The van der Waals surface area contributed by atoms with Crippen LogP contribution < -0.4 is 15.4 Å². The van der Waals surface area contributed by atoms with Gasteiger partial charge in [0.1, 0.15) is 17.6 Å². The maximum Gasteiger partial charge on any atom is 0.257 e. The van der Waals surface area contributed by atoms with Gasteiger partial charge < -0.3 is 15.4 Å². The molecular weight excluding hydrogens is 388 g/mol. The van der Waals surface area contributed by atoms with Gasteiger partial charge in [-0.1, -0.05) is 24.3 Å². The largest absolute Gasteiger partial charge is 0.497 e. The summed E-state index contributed by atoms with van der Waals surface area (Å²) in [6.07, 6.45) is 0.601. The molecule has 2 aromatic carbocycles. The van der Waals surface area contributed by atoms with Gasteiger partial charge in [0.25, 0.3) is 5.91 Å². The highest BCUT2D eigenvalue weighted by Gasteiger charge is 2.31. The summed E-state index contributed by atoms with van der Waals surface area (Å²) < 4.78 is 6.77. The molecule has 0 bridgehead atoms. The monoisotopic (exact) mass is 408 g/mol. The van der Waals surface area contributed by atoms with Gasteiger partial charge in [-0.15, -0.1) is 0 Å². The first-order valence-corrected chi connectivity index (χ1v) is 9.70. The number of amides is 1. The van der Waals surface area contributed by atoms with Crippen molar-refractivity contribution in [1.29, 1.82) is 0 Å². The number of nitrogens with zero attached hydrogens (tertiary/aromatic N) is 2. The summed E-state index contributed by atoms with van der Waals surface area (Å²) in [5.74, 6) is 1.13. The lowest BCUT2D eigenvalue weighted by molar-refractivity contribution is -0.121. The molecule has 4 rings (SSSR count). The van der Waals surface area contributed by atoms with Crippen LogP contribution in [0.1, 0.15) is 23.2 Å². The van der Waals surface area contributed by atoms with Crippen LogP contribution in [0, 0.1) is 4.77 Å². The van der Waals surface area contributed by atoms with Crippen LogP contribution in [0.15, 0.2) is 48.5 Å².